The number of benzene rings is 2. The van der Waals surface area contributed by atoms with Gasteiger partial charge in [0.2, 0.25) is 5.91 Å². The predicted molar refractivity (Wildman–Crippen MR) is 90.1 cm³/mol. The number of hydrogen-bond donors (Lipinski definition) is 3. The van der Waals surface area contributed by atoms with E-state index in [4.69, 9.17) is 0 Å². The van der Waals surface area contributed by atoms with Crippen LogP contribution in [0.25, 0.3) is 5.57 Å². The van der Waals surface area contributed by atoms with E-state index in [1.54, 1.807) is 36.4 Å². The Kier molecular flexibility index (Phi) is 2.44. The van der Waals surface area contributed by atoms with Crippen molar-refractivity contribution in [2.24, 2.45) is 0 Å². The first-order valence-corrected chi connectivity index (χ1v) is 7.86. The van der Waals surface area contributed by atoms with Crippen LogP contribution in [0.1, 0.15) is 16.7 Å². The molecule has 3 N–H and O–H groups in total. The highest BCUT2D eigenvalue weighted by molar-refractivity contribution is 6.38. The lowest BCUT2D eigenvalue weighted by Gasteiger charge is -2.33. The average Bonchev–Trinajstić information content (AvgIpc) is 3.05. The Morgan fingerprint density at radius 1 is 1.00 bits per heavy atom. The fraction of sp³-hybridized carbons (Fsp3) is 0.105. The molecule has 2 aromatic rings. The Morgan fingerprint density at radius 2 is 1.76 bits per heavy atom. The molecule has 0 aromatic heterocycles. The molecule has 1 aliphatic carbocycles. The lowest BCUT2D eigenvalue weighted by Crippen LogP contribution is -2.44. The molecule has 6 heteroatoms. The molecule has 2 aliphatic heterocycles. The number of nitrogens with one attached hydrogen (secondary N) is 2. The van der Waals surface area contributed by atoms with Crippen molar-refractivity contribution in [2.45, 2.75) is 11.8 Å². The van der Waals surface area contributed by atoms with Gasteiger partial charge < -0.3 is 15.7 Å². The number of carboxylic acids is 1. The van der Waals surface area contributed by atoms with Gasteiger partial charge in [-0.15, -0.1) is 0 Å². The van der Waals surface area contributed by atoms with Gasteiger partial charge in [0.1, 0.15) is 5.41 Å². The number of fused-ring (bicyclic) bond motifs is 2. The van der Waals surface area contributed by atoms with Gasteiger partial charge in [0, 0.05) is 16.9 Å². The topological polar surface area (TPSA) is 95.5 Å². The number of hydrogen-bond acceptors (Lipinski definition) is 3. The molecule has 2 heterocycles. The zero-order valence-electron chi connectivity index (χ0n) is 12.9. The van der Waals surface area contributed by atoms with E-state index in [0.29, 0.717) is 22.5 Å². The molecule has 0 fully saturated rings. The van der Waals surface area contributed by atoms with Gasteiger partial charge in [0.05, 0.1) is 11.1 Å². The summed E-state index contributed by atoms with van der Waals surface area (Å²) in [5, 5.41) is 15.5. The van der Waals surface area contributed by atoms with Gasteiger partial charge >= 0.3 is 5.97 Å². The number of anilines is 2. The maximum Gasteiger partial charge on any atom is 0.333 e. The van der Waals surface area contributed by atoms with Gasteiger partial charge in [0.15, 0.2) is 0 Å². The minimum absolute atomic E-state index is 0.0937. The highest BCUT2D eigenvalue weighted by Crippen LogP contribution is 2.53. The van der Waals surface area contributed by atoms with E-state index in [1.165, 1.54) is 0 Å². The molecular formula is C19H12N2O4. The number of carbonyl (C=O) groups is 3. The normalized spacial score (nSPS) is 22.6. The molecule has 2 amide bonds. The fourth-order valence-corrected chi connectivity index (χ4v) is 4.30. The summed E-state index contributed by atoms with van der Waals surface area (Å²) in [4.78, 5) is 37.7. The summed E-state index contributed by atoms with van der Waals surface area (Å²) in [6.45, 7) is 0. The molecule has 1 atom stereocenters. The van der Waals surface area contributed by atoms with Gasteiger partial charge in [-0.1, -0.05) is 30.3 Å². The molecule has 1 unspecified atom stereocenters. The third-order valence-electron chi connectivity index (χ3n) is 5.24. The van der Waals surface area contributed by atoms with Gasteiger partial charge in [-0.25, -0.2) is 4.79 Å². The monoisotopic (exact) mass is 332 g/mol. The minimum atomic E-state index is -1.40. The van der Waals surface area contributed by atoms with Gasteiger partial charge in [0.25, 0.3) is 5.91 Å². The maximum absolute atomic E-state index is 13.0. The van der Waals surface area contributed by atoms with Gasteiger partial charge in [-0.05, 0) is 29.7 Å². The van der Waals surface area contributed by atoms with Crippen LogP contribution < -0.4 is 10.6 Å². The summed E-state index contributed by atoms with van der Waals surface area (Å²) in [7, 11) is 0. The molecule has 2 aromatic carbocycles. The Morgan fingerprint density at radius 3 is 2.56 bits per heavy atom. The largest absolute Gasteiger partial charge is 0.478 e. The van der Waals surface area contributed by atoms with E-state index in [0.717, 1.165) is 5.56 Å². The van der Waals surface area contributed by atoms with Gasteiger partial charge in [-0.3, -0.25) is 9.59 Å². The van der Waals surface area contributed by atoms with Crippen molar-refractivity contribution in [1.82, 2.24) is 0 Å². The van der Waals surface area contributed by atoms with E-state index < -0.39 is 23.2 Å². The summed E-state index contributed by atoms with van der Waals surface area (Å²) in [5.41, 5.74) is 1.73. The Balaban J connectivity index is 1.94. The van der Waals surface area contributed by atoms with Crippen LogP contribution >= 0.6 is 0 Å². The molecule has 1 spiro atoms. The summed E-state index contributed by atoms with van der Waals surface area (Å²) >= 11 is 0. The van der Waals surface area contributed by atoms with Gasteiger partial charge in [-0.2, -0.15) is 0 Å². The van der Waals surface area contributed by atoms with E-state index in [9.17, 15) is 19.5 Å². The third-order valence-corrected chi connectivity index (χ3v) is 5.24. The number of carbonyl (C=O) groups excluding carboxylic acids is 2. The van der Waals surface area contributed by atoms with Crippen molar-refractivity contribution in [2.75, 3.05) is 10.6 Å². The standard InChI is InChI=1S/C19H12N2O4/c22-16-14-13-9(4-3-7-12(13)20-16)8-19(15(14)17(23)24)10-5-1-2-6-11(10)21-18(19)25/h1-7H,8H2,(H,20,22)(H,21,25)(H,23,24). The molecule has 25 heavy (non-hydrogen) atoms. The average molecular weight is 332 g/mol. The Hall–Kier alpha value is -3.41. The molecule has 5 rings (SSSR count). The molecule has 0 saturated carbocycles. The van der Waals surface area contributed by atoms with Crippen molar-refractivity contribution in [3.63, 3.8) is 0 Å². The van der Waals surface area contributed by atoms with Crippen molar-refractivity contribution in [1.29, 1.82) is 0 Å². The van der Waals surface area contributed by atoms with Crippen LogP contribution in [0.15, 0.2) is 48.0 Å². The molecule has 122 valence electrons. The lowest BCUT2D eigenvalue weighted by atomic mass is 9.64. The second-order valence-corrected chi connectivity index (χ2v) is 6.43. The second-order valence-electron chi connectivity index (χ2n) is 6.43. The van der Waals surface area contributed by atoms with Crippen molar-refractivity contribution >= 4 is 34.7 Å². The Bertz CT molecular complexity index is 1050. The van der Waals surface area contributed by atoms with Crippen LogP contribution in [0.4, 0.5) is 11.4 Å². The van der Waals surface area contributed by atoms with Crippen LogP contribution in [-0.4, -0.2) is 22.9 Å². The number of carboxylic acid groups (broad SMARTS) is 1. The molecule has 0 radical (unpaired) electrons. The van der Waals surface area contributed by atoms with Crippen LogP contribution in [-0.2, 0) is 26.2 Å². The summed E-state index contributed by atoms with van der Waals surface area (Å²) in [6, 6.07) is 12.4. The van der Waals surface area contributed by atoms with Crippen molar-refractivity contribution < 1.29 is 19.5 Å². The predicted octanol–water partition coefficient (Wildman–Crippen LogP) is 1.92. The van der Waals surface area contributed by atoms with Crippen LogP contribution in [0, 0.1) is 0 Å². The lowest BCUT2D eigenvalue weighted by molar-refractivity contribution is -0.135. The molecule has 0 bridgehead atoms. The molecular weight excluding hydrogens is 320 g/mol. The van der Waals surface area contributed by atoms with E-state index in [2.05, 4.69) is 10.6 Å². The molecule has 3 aliphatic rings. The third kappa shape index (κ3) is 1.51. The van der Waals surface area contributed by atoms with E-state index in [1.807, 2.05) is 6.07 Å². The number of para-hydroxylation sites is 1. The summed E-state index contributed by atoms with van der Waals surface area (Å²) in [6.07, 6.45) is 0.207. The van der Waals surface area contributed by atoms with Crippen LogP contribution in [0.2, 0.25) is 0 Å². The summed E-state index contributed by atoms with van der Waals surface area (Å²) < 4.78 is 0. The smallest absolute Gasteiger partial charge is 0.333 e. The number of aliphatic carboxylic acids is 1. The highest BCUT2D eigenvalue weighted by Gasteiger charge is 2.57. The van der Waals surface area contributed by atoms with Crippen LogP contribution in [0.3, 0.4) is 0 Å². The van der Waals surface area contributed by atoms with Crippen LogP contribution in [0.5, 0.6) is 0 Å². The first kappa shape index (κ1) is 14.0. The minimum Gasteiger partial charge on any atom is -0.478 e. The quantitative estimate of drug-likeness (QED) is 0.743. The van der Waals surface area contributed by atoms with E-state index in [-0.39, 0.29) is 17.6 Å². The highest BCUT2D eigenvalue weighted by atomic mass is 16.4. The molecule has 6 nitrogen and oxygen atoms in total. The first-order valence-electron chi connectivity index (χ1n) is 7.86. The first-order chi connectivity index (χ1) is 12.0. The zero-order valence-corrected chi connectivity index (χ0v) is 12.9. The second kappa shape index (κ2) is 4.36. The van der Waals surface area contributed by atoms with E-state index >= 15 is 0 Å². The SMILES string of the molecule is O=C(O)C1=C2C(=O)Nc3cccc(c32)CC12C(=O)Nc1ccccc12. The van der Waals surface area contributed by atoms with Crippen molar-refractivity contribution in [3.8, 4) is 0 Å². The Labute approximate surface area is 142 Å². The molecule has 0 saturated heterocycles. The fourth-order valence-electron chi connectivity index (χ4n) is 4.30. The zero-order chi connectivity index (χ0) is 17.3. The summed E-state index contributed by atoms with van der Waals surface area (Å²) in [5.74, 6) is -2.13. The number of rotatable bonds is 1. The number of amides is 2. The maximum atomic E-state index is 13.0. The van der Waals surface area contributed by atoms with Crippen molar-refractivity contribution in [3.05, 3.63) is 64.7 Å².